The van der Waals surface area contributed by atoms with Crippen molar-refractivity contribution in [1.29, 1.82) is 0 Å². The Bertz CT molecular complexity index is 726. The highest BCUT2D eigenvalue weighted by Crippen LogP contribution is 2.15. The van der Waals surface area contributed by atoms with Crippen LogP contribution in [-0.4, -0.2) is 35.7 Å². The Labute approximate surface area is 175 Å². The zero-order valence-electron chi connectivity index (χ0n) is 18.7. The highest BCUT2D eigenvalue weighted by atomic mass is 16.5. The molecule has 1 aromatic heterocycles. The number of aliphatic imine (C=N–C) groups is 1. The van der Waals surface area contributed by atoms with E-state index < -0.39 is 0 Å². The molecule has 29 heavy (non-hydrogen) atoms. The maximum absolute atomic E-state index is 5.46. The molecule has 160 valence electrons. The Kier molecular flexibility index (Phi) is 9.71. The van der Waals surface area contributed by atoms with Gasteiger partial charge in [-0.15, -0.1) is 0 Å². The average Bonchev–Trinajstić information content (AvgIpc) is 3.16. The Morgan fingerprint density at radius 3 is 2.24 bits per heavy atom. The first kappa shape index (κ1) is 22.9. The number of aromatic nitrogens is 1. The summed E-state index contributed by atoms with van der Waals surface area (Å²) in [6, 6.07) is 8.77. The van der Waals surface area contributed by atoms with Crippen molar-refractivity contribution in [3.63, 3.8) is 0 Å². The fraction of sp³-hybridized carbons (Fsp3) is 0.565. The molecular weight excluding hydrogens is 362 g/mol. The minimum absolute atomic E-state index is 0.645. The smallest absolute Gasteiger partial charge is 0.191 e. The van der Waals surface area contributed by atoms with E-state index in [-0.39, 0.29) is 0 Å². The molecule has 0 fully saturated rings. The number of hydrogen-bond donors (Lipinski definition) is 2. The van der Waals surface area contributed by atoms with Gasteiger partial charge in [0, 0.05) is 31.6 Å². The van der Waals surface area contributed by atoms with Gasteiger partial charge in [0.25, 0.3) is 0 Å². The van der Waals surface area contributed by atoms with Gasteiger partial charge in [-0.05, 0) is 37.6 Å². The van der Waals surface area contributed by atoms with Gasteiger partial charge in [0.1, 0.15) is 5.76 Å². The van der Waals surface area contributed by atoms with Crippen LogP contribution in [0.15, 0.2) is 33.8 Å². The third kappa shape index (κ3) is 6.89. The van der Waals surface area contributed by atoms with E-state index in [0.29, 0.717) is 13.1 Å². The van der Waals surface area contributed by atoms with Crippen molar-refractivity contribution >= 4 is 5.96 Å². The van der Waals surface area contributed by atoms with Crippen LogP contribution in [0.1, 0.15) is 62.8 Å². The summed E-state index contributed by atoms with van der Waals surface area (Å²) in [5, 5.41) is 10.9. The molecule has 0 atom stereocenters. The molecule has 1 heterocycles. The number of rotatable bonds is 11. The van der Waals surface area contributed by atoms with Crippen molar-refractivity contribution < 1.29 is 4.52 Å². The molecule has 0 radical (unpaired) electrons. The van der Waals surface area contributed by atoms with Gasteiger partial charge in [-0.3, -0.25) is 4.90 Å². The quantitative estimate of drug-likeness (QED) is 0.443. The molecule has 0 aliphatic carbocycles. The van der Waals surface area contributed by atoms with Crippen LogP contribution in [0, 0.1) is 0 Å². The maximum atomic E-state index is 5.46. The van der Waals surface area contributed by atoms with E-state index in [4.69, 9.17) is 9.52 Å². The van der Waals surface area contributed by atoms with Crippen molar-refractivity contribution in [2.24, 2.45) is 4.99 Å². The molecule has 0 spiro atoms. The first-order valence-electron chi connectivity index (χ1n) is 10.9. The first-order valence-corrected chi connectivity index (χ1v) is 10.9. The van der Waals surface area contributed by atoms with Crippen molar-refractivity contribution in [3.8, 4) is 0 Å². The van der Waals surface area contributed by atoms with Gasteiger partial charge >= 0.3 is 0 Å². The SMILES string of the molecule is CCNC(=NCc1ccc(CN(CC)CC)cc1)NCc1c(CC)noc1CC. The molecule has 1 aromatic carbocycles. The van der Waals surface area contributed by atoms with Crippen LogP contribution in [0.5, 0.6) is 0 Å². The summed E-state index contributed by atoms with van der Waals surface area (Å²) in [7, 11) is 0. The predicted molar refractivity (Wildman–Crippen MR) is 120 cm³/mol. The summed E-state index contributed by atoms with van der Waals surface area (Å²) in [5.74, 6) is 1.76. The van der Waals surface area contributed by atoms with E-state index in [2.05, 4.69) is 79.6 Å². The third-order valence-corrected chi connectivity index (χ3v) is 5.13. The standard InChI is InChI=1S/C23H37N5O/c1-6-21-20(22(7-2)29-27-21)16-26-23(24-8-3)25-15-18-11-13-19(14-12-18)17-28(9-4)10-5/h11-14H,6-10,15-17H2,1-5H3,(H2,24,25,26). The Hall–Kier alpha value is -2.34. The van der Waals surface area contributed by atoms with Crippen LogP contribution in [0.4, 0.5) is 0 Å². The lowest BCUT2D eigenvalue weighted by molar-refractivity contribution is 0.296. The monoisotopic (exact) mass is 399 g/mol. The summed E-state index contributed by atoms with van der Waals surface area (Å²) in [6.07, 6.45) is 1.71. The van der Waals surface area contributed by atoms with E-state index in [0.717, 1.165) is 62.0 Å². The molecule has 0 aliphatic heterocycles. The van der Waals surface area contributed by atoms with Crippen LogP contribution in [0.3, 0.4) is 0 Å². The average molecular weight is 400 g/mol. The van der Waals surface area contributed by atoms with Crippen LogP contribution < -0.4 is 10.6 Å². The van der Waals surface area contributed by atoms with Gasteiger partial charge in [-0.25, -0.2) is 4.99 Å². The lowest BCUT2D eigenvalue weighted by atomic mass is 10.1. The summed E-state index contributed by atoms with van der Waals surface area (Å²) < 4.78 is 5.46. The van der Waals surface area contributed by atoms with E-state index in [1.165, 1.54) is 11.1 Å². The van der Waals surface area contributed by atoms with E-state index >= 15 is 0 Å². The third-order valence-electron chi connectivity index (χ3n) is 5.13. The highest BCUT2D eigenvalue weighted by molar-refractivity contribution is 5.79. The van der Waals surface area contributed by atoms with E-state index in [1.807, 2.05) is 0 Å². The van der Waals surface area contributed by atoms with Crippen LogP contribution in [0.2, 0.25) is 0 Å². The second-order valence-electron chi connectivity index (χ2n) is 7.06. The second-order valence-corrected chi connectivity index (χ2v) is 7.06. The van der Waals surface area contributed by atoms with Gasteiger partial charge in [-0.2, -0.15) is 0 Å². The molecule has 6 heteroatoms. The molecule has 0 saturated carbocycles. The van der Waals surface area contributed by atoms with Gasteiger partial charge in [0.2, 0.25) is 0 Å². The molecule has 0 unspecified atom stereocenters. The van der Waals surface area contributed by atoms with Crippen molar-refractivity contribution in [2.75, 3.05) is 19.6 Å². The summed E-state index contributed by atoms with van der Waals surface area (Å²) in [5.41, 5.74) is 4.73. The number of aryl methyl sites for hydroxylation is 2. The minimum atomic E-state index is 0.645. The summed E-state index contributed by atoms with van der Waals surface area (Å²) in [6.45, 7) is 16.0. The first-order chi connectivity index (χ1) is 14.1. The lowest BCUT2D eigenvalue weighted by Crippen LogP contribution is -2.37. The zero-order chi connectivity index (χ0) is 21.1. The largest absolute Gasteiger partial charge is 0.361 e. The Morgan fingerprint density at radius 2 is 1.66 bits per heavy atom. The molecule has 2 rings (SSSR count). The van der Waals surface area contributed by atoms with Crippen LogP contribution in [0.25, 0.3) is 0 Å². The van der Waals surface area contributed by atoms with E-state index in [9.17, 15) is 0 Å². The lowest BCUT2D eigenvalue weighted by Gasteiger charge is -2.18. The van der Waals surface area contributed by atoms with Crippen LogP contribution in [-0.2, 0) is 32.5 Å². The fourth-order valence-electron chi connectivity index (χ4n) is 3.28. The second kappa shape index (κ2) is 12.3. The van der Waals surface area contributed by atoms with Crippen molar-refractivity contribution in [2.45, 2.75) is 67.1 Å². The van der Waals surface area contributed by atoms with Gasteiger partial charge in [0.05, 0.1) is 12.2 Å². The summed E-state index contributed by atoms with van der Waals surface area (Å²) >= 11 is 0. The number of benzene rings is 1. The van der Waals surface area contributed by atoms with Gasteiger partial charge < -0.3 is 15.2 Å². The normalized spacial score (nSPS) is 11.9. The van der Waals surface area contributed by atoms with Crippen LogP contribution >= 0.6 is 0 Å². The van der Waals surface area contributed by atoms with Gasteiger partial charge in [0.15, 0.2) is 5.96 Å². The molecule has 2 aromatic rings. The molecule has 6 nitrogen and oxygen atoms in total. The number of guanidine groups is 1. The molecule has 2 N–H and O–H groups in total. The Morgan fingerprint density at radius 1 is 0.966 bits per heavy atom. The van der Waals surface area contributed by atoms with E-state index in [1.54, 1.807) is 0 Å². The fourth-order valence-corrected chi connectivity index (χ4v) is 3.28. The topological polar surface area (TPSA) is 65.7 Å². The molecule has 0 aliphatic rings. The predicted octanol–water partition coefficient (Wildman–Crippen LogP) is 3.90. The van der Waals surface area contributed by atoms with Crippen molar-refractivity contribution in [3.05, 3.63) is 52.4 Å². The minimum Gasteiger partial charge on any atom is -0.361 e. The highest BCUT2D eigenvalue weighted by Gasteiger charge is 2.13. The Balaban J connectivity index is 1.99. The molecule has 0 saturated heterocycles. The maximum Gasteiger partial charge on any atom is 0.191 e. The van der Waals surface area contributed by atoms with Crippen molar-refractivity contribution in [1.82, 2.24) is 20.7 Å². The summed E-state index contributed by atoms with van der Waals surface area (Å²) in [4.78, 5) is 7.17. The molecule has 0 amide bonds. The molecular formula is C23H37N5O. The zero-order valence-corrected chi connectivity index (χ0v) is 18.7. The van der Waals surface area contributed by atoms with Gasteiger partial charge in [-0.1, -0.05) is 57.1 Å². The number of hydrogen-bond acceptors (Lipinski definition) is 4. The number of nitrogens with one attached hydrogen (secondary N) is 2. The molecule has 0 bridgehead atoms. The number of nitrogens with zero attached hydrogens (tertiary/aromatic N) is 3.